The number of ether oxygens (including phenoxy) is 1. The molecule has 1 heterocycles. The monoisotopic (exact) mass is 274 g/mol. The minimum Gasteiger partial charge on any atom is -0.462 e. The molecule has 2 rings (SSSR count). The third-order valence-corrected chi connectivity index (χ3v) is 2.16. The molecule has 1 aromatic rings. The number of amides is 2. The van der Waals surface area contributed by atoms with Gasteiger partial charge in [-0.15, -0.1) is 0 Å². The van der Waals surface area contributed by atoms with E-state index in [1.165, 1.54) is 12.1 Å². The van der Waals surface area contributed by atoms with Crippen molar-refractivity contribution in [3.8, 4) is 0 Å². The van der Waals surface area contributed by atoms with Gasteiger partial charge in [-0.25, -0.2) is 9.59 Å². The van der Waals surface area contributed by atoms with Crippen LogP contribution in [0.1, 0.15) is 17.3 Å². The molecular weight excluding hydrogens is 264 g/mol. The summed E-state index contributed by atoms with van der Waals surface area (Å²) in [6.45, 7) is 2.03. The highest BCUT2D eigenvalue weighted by atomic mass is 16.5. The van der Waals surface area contributed by atoms with Crippen molar-refractivity contribution in [2.45, 2.75) is 6.92 Å². The molecule has 0 saturated carbocycles. The number of nitrogens with zero attached hydrogens (tertiary/aromatic N) is 5. The average Bonchev–Trinajstić information content (AvgIpc) is 2.92. The van der Waals surface area contributed by atoms with E-state index in [-0.39, 0.29) is 5.96 Å². The molecule has 9 nitrogen and oxygen atoms in total. The second-order valence-corrected chi connectivity index (χ2v) is 3.52. The van der Waals surface area contributed by atoms with Gasteiger partial charge in [0, 0.05) is 5.69 Å². The molecule has 2 amide bonds. The number of anilines is 1. The van der Waals surface area contributed by atoms with E-state index < -0.39 is 12.0 Å². The van der Waals surface area contributed by atoms with Gasteiger partial charge in [-0.3, -0.25) is 0 Å². The molecule has 0 aromatic heterocycles. The fourth-order valence-electron chi connectivity index (χ4n) is 1.33. The average molecular weight is 274 g/mol. The van der Waals surface area contributed by atoms with Crippen molar-refractivity contribution in [2.75, 3.05) is 11.9 Å². The molecule has 0 aliphatic carbocycles. The predicted octanol–water partition coefficient (Wildman–Crippen LogP) is 2.58. The van der Waals surface area contributed by atoms with Crippen LogP contribution >= 0.6 is 0 Å². The van der Waals surface area contributed by atoms with E-state index in [2.05, 4.69) is 31.0 Å². The molecule has 0 fully saturated rings. The topological polar surface area (TPSA) is 117 Å². The van der Waals surface area contributed by atoms with Gasteiger partial charge in [-0.1, -0.05) is 10.2 Å². The number of aliphatic imine (C=N–C) groups is 1. The summed E-state index contributed by atoms with van der Waals surface area (Å²) in [5.74, 6) is -0.539. The summed E-state index contributed by atoms with van der Waals surface area (Å²) in [6, 6.07) is 5.53. The maximum absolute atomic E-state index is 11.5. The molecule has 0 atom stereocenters. The van der Waals surface area contributed by atoms with Crippen LogP contribution in [0.25, 0.3) is 0 Å². The van der Waals surface area contributed by atoms with Gasteiger partial charge in [0.1, 0.15) is 0 Å². The van der Waals surface area contributed by atoms with E-state index in [0.717, 1.165) is 0 Å². The summed E-state index contributed by atoms with van der Waals surface area (Å²) in [5.41, 5.74) is 0.869. The number of benzene rings is 1. The van der Waals surface area contributed by atoms with Crippen LogP contribution in [0.2, 0.25) is 0 Å². The third kappa shape index (κ3) is 3.51. The number of hydrogen-bond acceptors (Lipinski definition) is 5. The van der Waals surface area contributed by atoms with Gasteiger partial charge in [0.2, 0.25) is 0 Å². The predicted molar refractivity (Wildman–Crippen MR) is 68.6 cm³/mol. The Hall–Kier alpha value is -2.97. The number of hydrogen-bond donors (Lipinski definition) is 1. The summed E-state index contributed by atoms with van der Waals surface area (Å²) in [5, 5.41) is 15.7. The second kappa shape index (κ2) is 6.27. The quantitative estimate of drug-likeness (QED) is 0.853. The van der Waals surface area contributed by atoms with Crippen molar-refractivity contribution < 1.29 is 14.3 Å². The molecule has 9 heteroatoms. The Bertz CT molecular complexity index is 591. The molecule has 0 spiro atoms. The van der Waals surface area contributed by atoms with Crippen molar-refractivity contribution >= 4 is 23.6 Å². The summed E-state index contributed by atoms with van der Waals surface area (Å²) in [4.78, 5) is 26.4. The lowest BCUT2D eigenvalue weighted by Gasteiger charge is -2.04. The number of carbonyl (C=O) groups is 2. The largest absolute Gasteiger partial charge is 0.462 e. The lowest BCUT2D eigenvalue weighted by Crippen LogP contribution is -2.09. The zero-order valence-electron chi connectivity index (χ0n) is 10.5. The van der Waals surface area contributed by atoms with E-state index in [4.69, 9.17) is 4.74 Å². The fourth-order valence-corrected chi connectivity index (χ4v) is 1.33. The van der Waals surface area contributed by atoms with Crippen LogP contribution in [0, 0.1) is 0 Å². The second-order valence-electron chi connectivity index (χ2n) is 3.52. The Kier molecular flexibility index (Phi) is 4.22. The molecule has 0 radical (unpaired) electrons. The van der Waals surface area contributed by atoms with Gasteiger partial charge in [-0.2, -0.15) is 4.99 Å². The number of carbonyl (C=O) groups excluding carboxylic acids is 2. The number of esters is 1. The Labute approximate surface area is 113 Å². The molecule has 1 aliphatic heterocycles. The van der Waals surface area contributed by atoms with E-state index in [9.17, 15) is 9.59 Å². The van der Waals surface area contributed by atoms with Crippen molar-refractivity contribution in [3.05, 3.63) is 29.8 Å². The SMILES string of the molecule is CCOC(=O)c1ccc(NC(=O)N=C2N=NN=N2)cc1. The highest BCUT2D eigenvalue weighted by molar-refractivity contribution is 5.99. The number of urea groups is 1. The first kappa shape index (κ1) is 13.5. The molecular formula is C11H10N6O3. The molecule has 20 heavy (non-hydrogen) atoms. The summed E-state index contributed by atoms with van der Waals surface area (Å²) >= 11 is 0. The summed E-state index contributed by atoms with van der Waals surface area (Å²) < 4.78 is 4.84. The van der Waals surface area contributed by atoms with E-state index >= 15 is 0 Å². The van der Waals surface area contributed by atoms with Crippen LogP contribution in [0.5, 0.6) is 0 Å². The molecule has 1 N–H and O–H groups in total. The molecule has 102 valence electrons. The van der Waals surface area contributed by atoms with Crippen LogP contribution in [0.3, 0.4) is 0 Å². The van der Waals surface area contributed by atoms with Crippen LogP contribution in [0.4, 0.5) is 10.5 Å². The van der Waals surface area contributed by atoms with E-state index in [1.807, 2.05) is 0 Å². The van der Waals surface area contributed by atoms with E-state index in [0.29, 0.717) is 17.9 Å². The molecule has 1 aromatic carbocycles. The first-order valence-electron chi connectivity index (χ1n) is 5.67. The normalized spacial score (nSPS) is 12.3. The van der Waals surface area contributed by atoms with Crippen LogP contribution in [-0.2, 0) is 4.74 Å². The molecule has 1 aliphatic rings. The summed E-state index contributed by atoms with van der Waals surface area (Å²) in [6.07, 6.45) is 0. The van der Waals surface area contributed by atoms with Crippen molar-refractivity contribution in [1.82, 2.24) is 0 Å². The molecule has 0 saturated heterocycles. The number of rotatable bonds is 3. The van der Waals surface area contributed by atoms with E-state index in [1.54, 1.807) is 19.1 Å². The van der Waals surface area contributed by atoms with Gasteiger partial charge in [0.25, 0.3) is 5.96 Å². The first-order chi connectivity index (χ1) is 9.69. The standard InChI is InChI=1S/C11H10N6O3/c1-2-20-9(18)7-3-5-8(6-4-7)12-11(19)13-10-14-16-17-15-10/h3-6H,2H2,1H3,(H,12,19). The van der Waals surface area contributed by atoms with Crippen LogP contribution < -0.4 is 5.32 Å². The van der Waals surface area contributed by atoms with Gasteiger partial charge in [0.15, 0.2) is 0 Å². The highest BCUT2D eigenvalue weighted by Gasteiger charge is 2.08. The van der Waals surface area contributed by atoms with Crippen molar-refractivity contribution in [1.29, 1.82) is 0 Å². The first-order valence-corrected chi connectivity index (χ1v) is 5.67. The van der Waals surface area contributed by atoms with Crippen molar-refractivity contribution in [3.63, 3.8) is 0 Å². The molecule has 0 bridgehead atoms. The van der Waals surface area contributed by atoms with Gasteiger partial charge in [0.05, 0.1) is 12.2 Å². The Morgan fingerprint density at radius 2 is 1.85 bits per heavy atom. The minimum atomic E-state index is -0.663. The minimum absolute atomic E-state index is 0.120. The Morgan fingerprint density at radius 3 is 2.45 bits per heavy atom. The van der Waals surface area contributed by atoms with Gasteiger partial charge >= 0.3 is 12.0 Å². The lowest BCUT2D eigenvalue weighted by molar-refractivity contribution is 0.0526. The zero-order valence-corrected chi connectivity index (χ0v) is 10.5. The van der Waals surface area contributed by atoms with Crippen LogP contribution in [-0.4, -0.2) is 24.6 Å². The zero-order chi connectivity index (χ0) is 14.4. The Morgan fingerprint density at radius 1 is 1.20 bits per heavy atom. The molecule has 0 unspecified atom stereocenters. The maximum Gasteiger partial charge on any atom is 0.348 e. The fraction of sp³-hybridized carbons (Fsp3) is 0.182. The summed E-state index contributed by atoms with van der Waals surface area (Å²) in [7, 11) is 0. The van der Waals surface area contributed by atoms with Crippen molar-refractivity contribution in [2.24, 2.45) is 25.7 Å². The van der Waals surface area contributed by atoms with Gasteiger partial charge in [-0.05, 0) is 41.6 Å². The smallest absolute Gasteiger partial charge is 0.348 e. The third-order valence-electron chi connectivity index (χ3n) is 2.16. The lowest BCUT2D eigenvalue weighted by atomic mass is 10.2. The Balaban J connectivity index is 1.98. The van der Waals surface area contributed by atoms with Crippen LogP contribution in [0.15, 0.2) is 49.9 Å². The van der Waals surface area contributed by atoms with Gasteiger partial charge < -0.3 is 10.1 Å². The highest BCUT2D eigenvalue weighted by Crippen LogP contribution is 2.11. The number of nitrogens with one attached hydrogen (secondary N) is 1. The maximum atomic E-state index is 11.5. The number of guanidine groups is 1.